The Morgan fingerprint density at radius 2 is 1.86 bits per heavy atom. The summed E-state index contributed by atoms with van der Waals surface area (Å²) in [5.74, 6) is 0.102. The van der Waals surface area contributed by atoms with Gasteiger partial charge in [0.25, 0.3) is 0 Å². The van der Waals surface area contributed by atoms with Gasteiger partial charge < -0.3 is 15.6 Å². The van der Waals surface area contributed by atoms with Crippen LogP contribution < -0.4 is 5.73 Å². The van der Waals surface area contributed by atoms with E-state index < -0.39 is 5.97 Å². The van der Waals surface area contributed by atoms with Gasteiger partial charge in [0.05, 0.1) is 0 Å². The van der Waals surface area contributed by atoms with Gasteiger partial charge in [0.15, 0.2) is 0 Å². The smallest absolute Gasteiger partial charge is 0.342 e. The van der Waals surface area contributed by atoms with Crippen LogP contribution in [0, 0.1) is 11.3 Å². The van der Waals surface area contributed by atoms with Gasteiger partial charge in [-0.15, -0.1) is 0 Å². The maximum absolute atomic E-state index is 12.1. The van der Waals surface area contributed by atoms with Gasteiger partial charge in [-0.05, 0) is 55.2 Å². The molecule has 1 aromatic carbocycles. The highest BCUT2D eigenvalue weighted by Gasteiger charge is 2.31. The largest absolute Gasteiger partial charge is 0.507 e. The number of carbonyl (C=O) groups excluding carboxylic acids is 1. The number of aromatic hydroxyl groups is 1. The van der Waals surface area contributed by atoms with Gasteiger partial charge in [0, 0.05) is 5.69 Å². The molecule has 0 unspecified atom stereocenters. The maximum Gasteiger partial charge on any atom is 0.342 e. The summed E-state index contributed by atoms with van der Waals surface area (Å²) in [5, 5.41) is 9.73. The molecule has 0 heterocycles. The monoisotopic (exact) mass is 291 g/mol. The lowest BCUT2D eigenvalue weighted by atomic mass is 9.72. The zero-order chi connectivity index (χ0) is 15.6. The number of phenols is 1. The van der Waals surface area contributed by atoms with Crippen molar-refractivity contribution >= 4 is 11.7 Å². The number of nitrogen functional groups attached to an aromatic ring is 1. The van der Waals surface area contributed by atoms with Gasteiger partial charge in [0.1, 0.15) is 17.4 Å². The van der Waals surface area contributed by atoms with E-state index in [9.17, 15) is 9.90 Å². The van der Waals surface area contributed by atoms with E-state index in [1.165, 1.54) is 12.1 Å². The van der Waals surface area contributed by atoms with Crippen LogP contribution in [0.3, 0.4) is 0 Å². The van der Waals surface area contributed by atoms with Crippen molar-refractivity contribution in [2.75, 3.05) is 5.73 Å². The lowest BCUT2D eigenvalue weighted by Crippen LogP contribution is -2.30. The first-order valence-corrected chi connectivity index (χ1v) is 7.57. The number of rotatable bonds is 2. The molecular weight excluding hydrogens is 266 g/mol. The topological polar surface area (TPSA) is 72.5 Å². The number of nitrogens with two attached hydrogens (primary N) is 1. The molecule has 4 heteroatoms. The highest BCUT2D eigenvalue weighted by Crippen LogP contribution is 2.38. The summed E-state index contributed by atoms with van der Waals surface area (Å²) in [5.41, 5.74) is 6.54. The minimum absolute atomic E-state index is 0.0584. The van der Waals surface area contributed by atoms with Crippen molar-refractivity contribution in [2.45, 2.75) is 52.6 Å². The number of ether oxygens (including phenoxy) is 1. The molecule has 1 aliphatic rings. The Labute approximate surface area is 126 Å². The molecule has 0 atom stereocenters. The summed E-state index contributed by atoms with van der Waals surface area (Å²) >= 11 is 0. The van der Waals surface area contributed by atoms with Crippen molar-refractivity contribution < 1.29 is 14.6 Å². The summed E-state index contributed by atoms with van der Waals surface area (Å²) in [7, 11) is 0. The van der Waals surface area contributed by atoms with Crippen LogP contribution in [0.5, 0.6) is 5.75 Å². The Morgan fingerprint density at radius 1 is 1.24 bits per heavy atom. The molecule has 21 heavy (non-hydrogen) atoms. The number of carbonyl (C=O) groups is 1. The van der Waals surface area contributed by atoms with Crippen LogP contribution in [-0.4, -0.2) is 17.2 Å². The van der Waals surface area contributed by atoms with Crippen molar-refractivity contribution in [2.24, 2.45) is 11.3 Å². The third-order valence-electron chi connectivity index (χ3n) is 4.41. The fourth-order valence-electron chi connectivity index (χ4n) is 2.98. The van der Waals surface area contributed by atoms with Crippen LogP contribution in [-0.2, 0) is 4.74 Å². The Kier molecular flexibility index (Phi) is 4.45. The second-order valence-electron chi connectivity index (χ2n) is 7.02. The average Bonchev–Trinajstić information content (AvgIpc) is 2.41. The molecule has 0 aromatic heterocycles. The average molecular weight is 291 g/mol. The first-order valence-electron chi connectivity index (χ1n) is 7.57. The second kappa shape index (κ2) is 5.96. The number of esters is 1. The maximum atomic E-state index is 12.1. The molecule has 0 saturated heterocycles. The van der Waals surface area contributed by atoms with Crippen molar-refractivity contribution in [1.82, 2.24) is 0 Å². The van der Waals surface area contributed by atoms with Gasteiger partial charge in [-0.25, -0.2) is 4.79 Å². The molecule has 4 nitrogen and oxygen atoms in total. The van der Waals surface area contributed by atoms with E-state index in [4.69, 9.17) is 10.5 Å². The lowest BCUT2D eigenvalue weighted by molar-refractivity contribution is 0.00905. The van der Waals surface area contributed by atoms with Crippen LogP contribution in [0.1, 0.15) is 56.8 Å². The molecular formula is C17H25NO3. The standard InChI is InChI=1S/C17H25NO3/c1-17(2,3)11-4-7-13(8-5-11)21-16(20)14-10-12(18)6-9-15(14)19/h6,9-11,13,19H,4-5,7-8,18H2,1-3H3. The number of phenolic OH excluding ortho intramolecular Hbond substituents is 1. The van der Waals surface area contributed by atoms with E-state index in [1.54, 1.807) is 6.07 Å². The number of anilines is 1. The molecule has 0 bridgehead atoms. The molecule has 2 rings (SSSR count). The molecule has 0 aliphatic heterocycles. The van der Waals surface area contributed by atoms with Crippen LogP contribution in [0.4, 0.5) is 5.69 Å². The minimum atomic E-state index is -0.487. The lowest BCUT2D eigenvalue weighted by Gasteiger charge is -2.36. The molecule has 1 aromatic rings. The third kappa shape index (κ3) is 3.90. The molecule has 3 N–H and O–H groups in total. The second-order valence-corrected chi connectivity index (χ2v) is 7.02. The fourth-order valence-corrected chi connectivity index (χ4v) is 2.98. The molecule has 1 aliphatic carbocycles. The number of hydrogen-bond donors (Lipinski definition) is 2. The number of benzene rings is 1. The highest BCUT2D eigenvalue weighted by atomic mass is 16.5. The first kappa shape index (κ1) is 15.7. The van der Waals surface area contributed by atoms with E-state index in [0.717, 1.165) is 25.7 Å². The predicted octanol–water partition coefficient (Wildman–Crippen LogP) is 3.74. The van der Waals surface area contributed by atoms with Gasteiger partial charge >= 0.3 is 5.97 Å². The van der Waals surface area contributed by atoms with Crippen LogP contribution in [0.2, 0.25) is 0 Å². The quantitative estimate of drug-likeness (QED) is 0.494. The van der Waals surface area contributed by atoms with E-state index in [-0.39, 0.29) is 17.4 Å². The van der Waals surface area contributed by atoms with Gasteiger partial charge in [0.2, 0.25) is 0 Å². The summed E-state index contributed by atoms with van der Waals surface area (Å²) in [6.07, 6.45) is 3.86. The van der Waals surface area contributed by atoms with Gasteiger partial charge in [-0.2, -0.15) is 0 Å². The Balaban J connectivity index is 1.94. The first-order chi connectivity index (χ1) is 9.77. The van der Waals surface area contributed by atoms with Crippen molar-refractivity contribution in [3.63, 3.8) is 0 Å². The Morgan fingerprint density at radius 3 is 2.43 bits per heavy atom. The summed E-state index contributed by atoms with van der Waals surface area (Å²) in [6.45, 7) is 6.78. The fraction of sp³-hybridized carbons (Fsp3) is 0.588. The van der Waals surface area contributed by atoms with Gasteiger partial charge in [-0.1, -0.05) is 20.8 Å². The molecule has 116 valence electrons. The molecule has 1 fully saturated rings. The van der Waals surface area contributed by atoms with E-state index in [2.05, 4.69) is 20.8 Å². The van der Waals surface area contributed by atoms with Crippen LogP contribution in [0.25, 0.3) is 0 Å². The molecule has 1 saturated carbocycles. The van der Waals surface area contributed by atoms with E-state index in [1.807, 2.05) is 0 Å². The Bertz CT molecular complexity index is 511. The minimum Gasteiger partial charge on any atom is -0.507 e. The molecule has 0 radical (unpaired) electrons. The summed E-state index contributed by atoms with van der Waals surface area (Å²) in [6, 6.07) is 4.43. The highest BCUT2D eigenvalue weighted by molar-refractivity contribution is 5.93. The molecule has 0 amide bonds. The van der Waals surface area contributed by atoms with Crippen molar-refractivity contribution in [1.29, 1.82) is 0 Å². The number of hydrogen-bond acceptors (Lipinski definition) is 4. The van der Waals surface area contributed by atoms with E-state index >= 15 is 0 Å². The van der Waals surface area contributed by atoms with Gasteiger partial charge in [-0.3, -0.25) is 0 Å². The Hall–Kier alpha value is -1.71. The third-order valence-corrected chi connectivity index (χ3v) is 4.41. The molecule has 0 spiro atoms. The summed E-state index contributed by atoms with van der Waals surface area (Å²) in [4.78, 5) is 12.1. The zero-order valence-corrected chi connectivity index (χ0v) is 13.1. The predicted molar refractivity (Wildman–Crippen MR) is 83.1 cm³/mol. The van der Waals surface area contributed by atoms with Crippen molar-refractivity contribution in [3.05, 3.63) is 23.8 Å². The van der Waals surface area contributed by atoms with Crippen LogP contribution in [0.15, 0.2) is 18.2 Å². The SMILES string of the molecule is CC(C)(C)C1CCC(OC(=O)c2cc(N)ccc2O)CC1. The van der Waals surface area contributed by atoms with E-state index in [0.29, 0.717) is 17.0 Å². The summed E-state index contributed by atoms with van der Waals surface area (Å²) < 4.78 is 5.52. The van der Waals surface area contributed by atoms with Crippen molar-refractivity contribution in [3.8, 4) is 5.75 Å². The normalized spacial score (nSPS) is 22.8. The zero-order valence-electron chi connectivity index (χ0n) is 13.1. The van der Waals surface area contributed by atoms with Crippen LogP contribution >= 0.6 is 0 Å².